The fraction of sp³-hybridized carbons (Fsp3) is 0.385. The lowest BCUT2D eigenvalue weighted by atomic mass is 10.2. The zero-order valence-corrected chi connectivity index (χ0v) is 12.7. The number of carbonyl (C=O) groups is 2. The zero-order valence-electron chi connectivity index (χ0n) is 11.9. The summed E-state index contributed by atoms with van der Waals surface area (Å²) in [6.07, 6.45) is 0. The molecule has 0 bridgehead atoms. The van der Waals surface area contributed by atoms with E-state index >= 15 is 0 Å². The first-order valence-electron chi connectivity index (χ1n) is 6.21. The van der Waals surface area contributed by atoms with Crippen molar-refractivity contribution in [2.45, 2.75) is 19.9 Å². The van der Waals surface area contributed by atoms with Crippen LogP contribution in [0.1, 0.15) is 24.2 Å². The Morgan fingerprint density at radius 2 is 2.05 bits per heavy atom. The van der Waals surface area contributed by atoms with E-state index in [0.717, 1.165) is 6.07 Å². The lowest BCUT2D eigenvalue weighted by molar-refractivity contribution is -0.384. The van der Waals surface area contributed by atoms with Gasteiger partial charge in [0.25, 0.3) is 11.6 Å². The van der Waals surface area contributed by atoms with Gasteiger partial charge in [0.1, 0.15) is 0 Å². The van der Waals surface area contributed by atoms with Gasteiger partial charge in [0.05, 0.1) is 22.1 Å². The van der Waals surface area contributed by atoms with E-state index in [-0.39, 0.29) is 34.8 Å². The molecular formula is C13H16ClN3O4. The predicted octanol–water partition coefficient (Wildman–Crippen LogP) is 1.84. The average molecular weight is 314 g/mol. The third-order valence-corrected chi connectivity index (χ3v) is 2.88. The van der Waals surface area contributed by atoms with Gasteiger partial charge in [-0.05, 0) is 19.9 Å². The first-order valence-corrected chi connectivity index (χ1v) is 6.59. The molecule has 0 radical (unpaired) electrons. The first-order chi connectivity index (χ1) is 9.72. The van der Waals surface area contributed by atoms with E-state index in [9.17, 15) is 19.7 Å². The molecule has 0 heterocycles. The van der Waals surface area contributed by atoms with Gasteiger partial charge in [0, 0.05) is 25.2 Å². The second-order valence-corrected chi connectivity index (χ2v) is 5.21. The summed E-state index contributed by atoms with van der Waals surface area (Å²) in [5.41, 5.74) is -0.0844. The number of hydrogen-bond donors (Lipinski definition) is 1. The number of benzene rings is 1. The normalized spacial score (nSPS) is 10.3. The van der Waals surface area contributed by atoms with Gasteiger partial charge >= 0.3 is 0 Å². The molecule has 0 atom stereocenters. The Balaban J connectivity index is 2.83. The lowest BCUT2D eigenvalue weighted by Gasteiger charge is -2.18. The van der Waals surface area contributed by atoms with E-state index in [1.807, 2.05) is 13.8 Å². The van der Waals surface area contributed by atoms with Crippen molar-refractivity contribution in [3.63, 3.8) is 0 Å². The second kappa shape index (κ2) is 7.03. The number of nitrogens with zero attached hydrogens (tertiary/aromatic N) is 2. The van der Waals surface area contributed by atoms with Crippen molar-refractivity contribution in [2.24, 2.45) is 0 Å². The van der Waals surface area contributed by atoms with Crippen LogP contribution in [-0.4, -0.2) is 41.3 Å². The van der Waals surface area contributed by atoms with E-state index in [0.29, 0.717) is 0 Å². The minimum absolute atomic E-state index is 0.0229. The Bertz CT molecular complexity index is 575. The van der Waals surface area contributed by atoms with Crippen LogP contribution in [0.4, 0.5) is 5.69 Å². The van der Waals surface area contributed by atoms with E-state index < -0.39 is 10.8 Å². The highest BCUT2D eigenvalue weighted by Gasteiger charge is 2.19. The fourth-order valence-electron chi connectivity index (χ4n) is 1.65. The fourth-order valence-corrected chi connectivity index (χ4v) is 1.91. The van der Waals surface area contributed by atoms with Gasteiger partial charge < -0.3 is 10.2 Å². The molecule has 0 unspecified atom stereocenters. The Hall–Kier alpha value is -2.15. The molecule has 0 saturated carbocycles. The summed E-state index contributed by atoms with van der Waals surface area (Å²) in [4.78, 5) is 35.0. The molecule has 0 spiro atoms. The van der Waals surface area contributed by atoms with Gasteiger partial charge in [-0.3, -0.25) is 19.7 Å². The molecular weight excluding hydrogens is 298 g/mol. The van der Waals surface area contributed by atoms with E-state index in [4.69, 9.17) is 11.6 Å². The summed E-state index contributed by atoms with van der Waals surface area (Å²) < 4.78 is 0. The van der Waals surface area contributed by atoms with Crippen molar-refractivity contribution in [2.75, 3.05) is 13.6 Å². The summed E-state index contributed by atoms with van der Waals surface area (Å²) in [6, 6.07) is 3.56. The summed E-state index contributed by atoms with van der Waals surface area (Å²) in [5.74, 6) is -0.771. The van der Waals surface area contributed by atoms with Crippen molar-refractivity contribution in [1.29, 1.82) is 0 Å². The summed E-state index contributed by atoms with van der Waals surface area (Å²) >= 11 is 5.88. The molecule has 114 valence electrons. The molecule has 21 heavy (non-hydrogen) atoms. The largest absolute Gasteiger partial charge is 0.352 e. The maximum Gasteiger partial charge on any atom is 0.270 e. The molecule has 8 heteroatoms. The smallest absolute Gasteiger partial charge is 0.270 e. The number of nitro benzene ring substituents is 1. The van der Waals surface area contributed by atoms with Crippen LogP contribution in [0.5, 0.6) is 0 Å². The number of halogens is 1. The predicted molar refractivity (Wildman–Crippen MR) is 78.3 cm³/mol. The van der Waals surface area contributed by atoms with Crippen LogP contribution in [0, 0.1) is 10.1 Å². The van der Waals surface area contributed by atoms with E-state index in [1.54, 1.807) is 0 Å². The van der Waals surface area contributed by atoms with E-state index in [1.165, 1.54) is 24.1 Å². The highest BCUT2D eigenvalue weighted by molar-refractivity contribution is 6.34. The van der Waals surface area contributed by atoms with Crippen LogP contribution in [-0.2, 0) is 4.79 Å². The number of carbonyl (C=O) groups excluding carboxylic acids is 2. The maximum atomic E-state index is 12.2. The molecule has 0 fully saturated rings. The molecule has 1 N–H and O–H groups in total. The lowest BCUT2D eigenvalue weighted by Crippen LogP contribution is -2.40. The standard InChI is InChI=1S/C13H16ClN3O4/c1-8(2)15-12(18)7-16(3)13(19)10-5-4-9(17(20)21)6-11(10)14/h4-6,8H,7H2,1-3H3,(H,15,18). The summed E-state index contributed by atoms with van der Waals surface area (Å²) in [6.45, 7) is 3.50. The SMILES string of the molecule is CC(C)NC(=O)CN(C)C(=O)c1ccc([N+](=O)[O-])cc1Cl. The monoisotopic (exact) mass is 313 g/mol. The highest BCUT2D eigenvalue weighted by Crippen LogP contribution is 2.23. The number of likely N-dealkylation sites (N-methyl/N-ethyl adjacent to an activating group) is 1. The van der Waals surface area contributed by atoms with Crippen LogP contribution >= 0.6 is 11.6 Å². The molecule has 0 aliphatic carbocycles. The topological polar surface area (TPSA) is 92.6 Å². The molecule has 2 amide bonds. The molecule has 1 aromatic carbocycles. The minimum atomic E-state index is -0.597. The number of nitro groups is 1. The van der Waals surface area contributed by atoms with Crippen molar-refractivity contribution in [1.82, 2.24) is 10.2 Å². The second-order valence-electron chi connectivity index (χ2n) is 4.80. The first kappa shape index (κ1) is 16.9. The Labute approximate surface area is 127 Å². The number of amides is 2. The molecule has 0 aliphatic rings. The molecule has 0 aliphatic heterocycles. The van der Waals surface area contributed by atoms with Gasteiger partial charge in [-0.25, -0.2) is 0 Å². The number of rotatable bonds is 5. The van der Waals surface area contributed by atoms with Crippen molar-refractivity contribution >= 4 is 29.1 Å². The summed E-state index contributed by atoms with van der Waals surface area (Å²) in [7, 11) is 1.46. The van der Waals surface area contributed by atoms with Crippen LogP contribution < -0.4 is 5.32 Å². The number of non-ortho nitro benzene ring substituents is 1. The van der Waals surface area contributed by atoms with E-state index in [2.05, 4.69) is 5.32 Å². The van der Waals surface area contributed by atoms with Crippen LogP contribution in [0.25, 0.3) is 0 Å². The molecule has 0 aromatic heterocycles. The molecule has 1 rings (SSSR count). The van der Waals surface area contributed by atoms with Crippen LogP contribution in [0.3, 0.4) is 0 Å². The average Bonchev–Trinajstić information content (AvgIpc) is 2.36. The highest BCUT2D eigenvalue weighted by atomic mass is 35.5. The third-order valence-electron chi connectivity index (χ3n) is 2.57. The molecule has 7 nitrogen and oxygen atoms in total. The van der Waals surface area contributed by atoms with Gasteiger partial charge in [-0.1, -0.05) is 11.6 Å². The molecule has 0 saturated heterocycles. The minimum Gasteiger partial charge on any atom is -0.352 e. The molecule has 1 aromatic rings. The van der Waals surface area contributed by atoms with Gasteiger partial charge in [-0.15, -0.1) is 0 Å². The van der Waals surface area contributed by atoms with Crippen molar-refractivity contribution in [3.8, 4) is 0 Å². The van der Waals surface area contributed by atoms with Crippen molar-refractivity contribution in [3.05, 3.63) is 38.9 Å². The van der Waals surface area contributed by atoms with Gasteiger partial charge in [0.2, 0.25) is 5.91 Å². The van der Waals surface area contributed by atoms with Crippen LogP contribution in [0.15, 0.2) is 18.2 Å². The van der Waals surface area contributed by atoms with Gasteiger partial charge in [-0.2, -0.15) is 0 Å². The zero-order chi connectivity index (χ0) is 16.2. The number of hydrogen-bond acceptors (Lipinski definition) is 4. The van der Waals surface area contributed by atoms with Crippen LogP contribution in [0.2, 0.25) is 5.02 Å². The van der Waals surface area contributed by atoms with Crippen molar-refractivity contribution < 1.29 is 14.5 Å². The Kier molecular flexibility index (Phi) is 5.66. The number of nitrogens with one attached hydrogen (secondary N) is 1. The third kappa shape index (κ3) is 4.71. The Morgan fingerprint density at radius 3 is 2.52 bits per heavy atom. The maximum absolute atomic E-state index is 12.2. The summed E-state index contributed by atoms with van der Waals surface area (Å²) in [5, 5.41) is 13.3. The van der Waals surface area contributed by atoms with Gasteiger partial charge in [0.15, 0.2) is 0 Å². The Morgan fingerprint density at radius 1 is 1.43 bits per heavy atom. The quantitative estimate of drug-likeness (QED) is 0.663.